The van der Waals surface area contributed by atoms with Crippen molar-refractivity contribution in [3.8, 4) is 0 Å². The second-order valence-corrected chi connectivity index (χ2v) is 7.17. The van der Waals surface area contributed by atoms with Crippen molar-refractivity contribution in [2.24, 2.45) is 11.7 Å². The van der Waals surface area contributed by atoms with E-state index in [1.807, 2.05) is 0 Å². The van der Waals surface area contributed by atoms with Gasteiger partial charge in [0.2, 0.25) is 0 Å². The fourth-order valence-corrected chi connectivity index (χ4v) is 3.15. The third kappa shape index (κ3) is 6.29. The number of piperidine rings is 1. The SMILES string of the molecule is CC1CCCN(C)C1.Cc1nc(N)c(Cc2ccc(F)cc2)nc1C(N)=O. The molecule has 0 aliphatic carbocycles. The van der Waals surface area contributed by atoms with Crippen LogP contribution in [-0.2, 0) is 6.42 Å². The minimum Gasteiger partial charge on any atom is -0.382 e. The largest absolute Gasteiger partial charge is 0.382 e. The van der Waals surface area contributed by atoms with Gasteiger partial charge in [0.05, 0.1) is 11.4 Å². The molecule has 1 aliphatic heterocycles. The zero-order valence-electron chi connectivity index (χ0n) is 16.2. The number of nitrogen functional groups attached to an aromatic ring is 1. The van der Waals surface area contributed by atoms with Gasteiger partial charge in [-0.25, -0.2) is 14.4 Å². The Morgan fingerprint density at radius 1 is 1.30 bits per heavy atom. The summed E-state index contributed by atoms with van der Waals surface area (Å²) in [7, 11) is 2.20. The van der Waals surface area contributed by atoms with Gasteiger partial charge in [0.1, 0.15) is 17.3 Å². The number of likely N-dealkylation sites (tertiary alicyclic amines) is 1. The number of aromatic nitrogens is 2. The van der Waals surface area contributed by atoms with E-state index >= 15 is 0 Å². The summed E-state index contributed by atoms with van der Waals surface area (Å²) in [6, 6.07) is 5.95. The molecule has 146 valence electrons. The highest BCUT2D eigenvalue weighted by Gasteiger charge is 2.13. The van der Waals surface area contributed by atoms with Crippen molar-refractivity contribution in [3.05, 3.63) is 52.7 Å². The van der Waals surface area contributed by atoms with Crippen LogP contribution in [0.15, 0.2) is 24.3 Å². The lowest BCUT2D eigenvalue weighted by Crippen LogP contribution is -2.30. The number of anilines is 1. The van der Waals surface area contributed by atoms with Crippen molar-refractivity contribution in [3.63, 3.8) is 0 Å². The minimum absolute atomic E-state index is 0.103. The lowest BCUT2D eigenvalue weighted by molar-refractivity contribution is 0.0994. The molecule has 2 heterocycles. The van der Waals surface area contributed by atoms with Gasteiger partial charge in [-0.15, -0.1) is 0 Å². The van der Waals surface area contributed by atoms with E-state index in [2.05, 4.69) is 28.8 Å². The smallest absolute Gasteiger partial charge is 0.269 e. The summed E-state index contributed by atoms with van der Waals surface area (Å²) in [5, 5.41) is 0. The Balaban J connectivity index is 0.000000273. The Morgan fingerprint density at radius 3 is 2.48 bits per heavy atom. The second kappa shape index (κ2) is 9.41. The van der Waals surface area contributed by atoms with E-state index in [9.17, 15) is 9.18 Å². The van der Waals surface area contributed by atoms with E-state index in [0.29, 0.717) is 17.8 Å². The Labute approximate surface area is 159 Å². The van der Waals surface area contributed by atoms with Gasteiger partial charge in [-0.05, 0) is 57.0 Å². The van der Waals surface area contributed by atoms with Crippen LogP contribution in [0.2, 0.25) is 0 Å². The predicted octanol–water partition coefficient (Wildman–Crippen LogP) is 2.54. The third-order valence-corrected chi connectivity index (χ3v) is 4.55. The zero-order valence-corrected chi connectivity index (χ0v) is 16.2. The van der Waals surface area contributed by atoms with Crippen molar-refractivity contribution >= 4 is 11.7 Å². The molecule has 0 bridgehead atoms. The van der Waals surface area contributed by atoms with Gasteiger partial charge in [0, 0.05) is 13.0 Å². The van der Waals surface area contributed by atoms with Crippen LogP contribution in [-0.4, -0.2) is 40.9 Å². The van der Waals surface area contributed by atoms with Crippen molar-refractivity contribution in [1.29, 1.82) is 0 Å². The third-order valence-electron chi connectivity index (χ3n) is 4.55. The Kier molecular flexibility index (Phi) is 7.24. The molecule has 0 radical (unpaired) electrons. The van der Waals surface area contributed by atoms with E-state index < -0.39 is 5.91 Å². The number of aryl methyl sites for hydroxylation is 1. The van der Waals surface area contributed by atoms with E-state index in [1.165, 1.54) is 38.1 Å². The molecule has 1 amide bonds. The zero-order chi connectivity index (χ0) is 20.0. The molecule has 27 heavy (non-hydrogen) atoms. The number of primary amides is 1. The Bertz CT molecular complexity index is 771. The van der Waals surface area contributed by atoms with Crippen LogP contribution >= 0.6 is 0 Å². The normalized spacial score (nSPS) is 17.1. The fraction of sp³-hybridized carbons (Fsp3) is 0.450. The average molecular weight is 373 g/mol. The van der Waals surface area contributed by atoms with Crippen LogP contribution in [0.3, 0.4) is 0 Å². The van der Waals surface area contributed by atoms with Gasteiger partial charge < -0.3 is 16.4 Å². The van der Waals surface area contributed by atoms with E-state index in [0.717, 1.165) is 11.5 Å². The van der Waals surface area contributed by atoms with Gasteiger partial charge in [-0.1, -0.05) is 19.1 Å². The first kappa shape index (κ1) is 20.8. The highest BCUT2D eigenvalue weighted by molar-refractivity contribution is 5.92. The first-order valence-electron chi connectivity index (χ1n) is 9.12. The molecule has 1 saturated heterocycles. The Hall–Kier alpha value is -2.54. The standard InChI is InChI=1S/C13H13FN4O.C7H15N/c1-7-11(13(16)19)18-10(12(15)17-7)6-8-2-4-9(14)5-3-8;1-7-4-3-5-8(2)6-7/h2-5H,6H2,1H3,(H2,15,17)(H2,16,19);7H,3-6H2,1-2H3. The molecule has 1 fully saturated rings. The molecule has 0 spiro atoms. The number of benzene rings is 1. The summed E-state index contributed by atoms with van der Waals surface area (Å²) in [5.74, 6) is 0.218. The lowest BCUT2D eigenvalue weighted by Gasteiger charge is -2.26. The summed E-state index contributed by atoms with van der Waals surface area (Å²) in [6.07, 6.45) is 3.20. The molecule has 1 atom stereocenters. The van der Waals surface area contributed by atoms with Crippen LogP contribution in [0, 0.1) is 18.7 Å². The number of carbonyl (C=O) groups excluding carboxylic acids is 1. The molecular formula is C20H28FN5O. The molecule has 6 nitrogen and oxygen atoms in total. The Morgan fingerprint density at radius 2 is 1.96 bits per heavy atom. The van der Waals surface area contributed by atoms with Crippen LogP contribution in [0.1, 0.15) is 47.2 Å². The molecule has 1 aliphatic rings. The maximum atomic E-state index is 12.8. The first-order chi connectivity index (χ1) is 12.8. The van der Waals surface area contributed by atoms with Crippen LogP contribution in [0.5, 0.6) is 0 Å². The second-order valence-electron chi connectivity index (χ2n) is 7.17. The maximum Gasteiger partial charge on any atom is 0.269 e. The lowest BCUT2D eigenvalue weighted by atomic mass is 10.0. The molecule has 7 heteroatoms. The number of carbonyl (C=O) groups is 1. The van der Waals surface area contributed by atoms with Crippen LogP contribution in [0.25, 0.3) is 0 Å². The minimum atomic E-state index is -0.648. The molecule has 3 rings (SSSR count). The summed E-state index contributed by atoms with van der Waals surface area (Å²) in [6.45, 7) is 6.56. The molecular weight excluding hydrogens is 345 g/mol. The van der Waals surface area contributed by atoms with Crippen LogP contribution in [0.4, 0.5) is 10.2 Å². The maximum absolute atomic E-state index is 12.8. The topological polar surface area (TPSA) is 98.1 Å². The summed E-state index contributed by atoms with van der Waals surface area (Å²) < 4.78 is 12.8. The number of amides is 1. The molecule has 1 unspecified atom stereocenters. The summed E-state index contributed by atoms with van der Waals surface area (Å²) in [4.78, 5) is 21.8. The van der Waals surface area contributed by atoms with Gasteiger partial charge in [-0.3, -0.25) is 4.79 Å². The number of halogens is 1. The molecule has 2 aromatic rings. The number of hydrogen-bond donors (Lipinski definition) is 2. The van der Waals surface area contributed by atoms with Crippen molar-refractivity contribution in [1.82, 2.24) is 14.9 Å². The molecule has 1 aromatic carbocycles. The van der Waals surface area contributed by atoms with Crippen molar-refractivity contribution in [2.75, 3.05) is 25.9 Å². The number of nitrogens with two attached hydrogens (primary N) is 2. The van der Waals surface area contributed by atoms with Gasteiger partial charge in [-0.2, -0.15) is 0 Å². The highest BCUT2D eigenvalue weighted by atomic mass is 19.1. The quantitative estimate of drug-likeness (QED) is 0.861. The van der Waals surface area contributed by atoms with Crippen LogP contribution < -0.4 is 11.5 Å². The first-order valence-corrected chi connectivity index (χ1v) is 9.12. The summed E-state index contributed by atoms with van der Waals surface area (Å²) >= 11 is 0. The number of hydrogen-bond acceptors (Lipinski definition) is 5. The van der Waals surface area contributed by atoms with Crippen molar-refractivity contribution in [2.45, 2.75) is 33.1 Å². The molecule has 1 aromatic heterocycles. The predicted molar refractivity (Wildman–Crippen MR) is 105 cm³/mol. The van der Waals surface area contributed by atoms with Gasteiger partial charge in [0.15, 0.2) is 0 Å². The van der Waals surface area contributed by atoms with E-state index in [1.54, 1.807) is 19.1 Å². The highest BCUT2D eigenvalue weighted by Crippen LogP contribution is 2.15. The molecule has 0 saturated carbocycles. The fourth-order valence-electron chi connectivity index (χ4n) is 3.15. The average Bonchev–Trinajstić information content (AvgIpc) is 2.59. The monoisotopic (exact) mass is 373 g/mol. The van der Waals surface area contributed by atoms with E-state index in [-0.39, 0.29) is 17.3 Å². The summed E-state index contributed by atoms with van der Waals surface area (Å²) in [5.41, 5.74) is 12.8. The van der Waals surface area contributed by atoms with E-state index in [4.69, 9.17) is 11.5 Å². The van der Waals surface area contributed by atoms with Gasteiger partial charge >= 0.3 is 0 Å². The molecule has 4 N–H and O–H groups in total. The number of nitrogens with zero attached hydrogens (tertiary/aromatic N) is 3. The van der Waals surface area contributed by atoms with Crippen molar-refractivity contribution < 1.29 is 9.18 Å². The van der Waals surface area contributed by atoms with Gasteiger partial charge in [0.25, 0.3) is 5.91 Å². The number of rotatable bonds is 3.